The van der Waals surface area contributed by atoms with Gasteiger partial charge in [-0.2, -0.15) is 0 Å². The lowest BCUT2D eigenvalue weighted by Gasteiger charge is -2.19. The largest absolute Gasteiger partial charge is 0.434 e. The van der Waals surface area contributed by atoms with Crippen molar-refractivity contribution in [3.8, 4) is 0 Å². The molecule has 2 aliphatic rings. The maximum absolute atomic E-state index is 11.3. The number of nitro groups is 2. The third kappa shape index (κ3) is 2.35. The number of nitro benzene ring substituents is 1. The Morgan fingerprint density at radius 2 is 2.05 bits per heavy atom. The van der Waals surface area contributed by atoms with Crippen LogP contribution in [-0.2, 0) is 4.74 Å². The molecule has 0 aromatic heterocycles. The van der Waals surface area contributed by atoms with Crippen LogP contribution in [0.15, 0.2) is 36.1 Å². The van der Waals surface area contributed by atoms with Gasteiger partial charge in [0.2, 0.25) is 0 Å². The molecule has 1 saturated heterocycles. The van der Waals surface area contributed by atoms with Crippen molar-refractivity contribution in [1.82, 2.24) is 0 Å². The molecule has 1 heterocycles. The van der Waals surface area contributed by atoms with E-state index in [1.165, 1.54) is 12.1 Å². The first-order chi connectivity index (χ1) is 10.1. The van der Waals surface area contributed by atoms with Crippen molar-refractivity contribution < 1.29 is 14.6 Å². The maximum atomic E-state index is 11.3. The lowest BCUT2D eigenvalue weighted by Crippen LogP contribution is -2.26. The summed E-state index contributed by atoms with van der Waals surface area (Å²) in [5, 5.41) is 22.2. The molecule has 1 aromatic carbocycles. The zero-order chi connectivity index (χ0) is 15.0. The van der Waals surface area contributed by atoms with Gasteiger partial charge in [-0.3, -0.25) is 20.2 Å². The summed E-state index contributed by atoms with van der Waals surface area (Å²) < 4.78 is 5.49. The van der Waals surface area contributed by atoms with Crippen LogP contribution >= 0.6 is 0 Å². The van der Waals surface area contributed by atoms with E-state index >= 15 is 0 Å². The summed E-state index contributed by atoms with van der Waals surface area (Å²) in [5.74, 6) is 0.141. The second-order valence-corrected chi connectivity index (χ2v) is 5.32. The van der Waals surface area contributed by atoms with E-state index in [9.17, 15) is 20.2 Å². The summed E-state index contributed by atoms with van der Waals surface area (Å²) in [6, 6.07) is 6.07. The Bertz CT molecular complexity index is 626. The standard InChI is InChI=1S/C14H14N2O5/c17-15(18)10-5-3-4-9(8-10)13-11-6-1-2-7-12(11)21-14(13)16(19)20/h3-5,7-8,11,13-14H,1-2,6H2. The van der Waals surface area contributed by atoms with Crippen molar-refractivity contribution in [2.24, 2.45) is 5.92 Å². The first-order valence-corrected chi connectivity index (χ1v) is 6.82. The third-order valence-corrected chi connectivity index (χ3v) is 4.10. The summed E-state index contributed by atoms with van der Waals surface area (Å²) in [4.78, 5) is 21.2. The van der Waals surface area contributed by atoms with Crippen molar-refractivity contribution in [2.45, 2.75) is 31.4 Å². The fourth-order valence-electron chi connectivity index (χ4n) is 3.20. The van der Waals surface area contributed by atoms with E-state index in [1.807, 2.05) is 6.08 Å². The molecule has 0 radical (unpaired) electrons. The monoisotopic (exact) mass is 290 g/mol. The van der Waals surface area contributed by atoms with Crippen molar-refractivity contribution in [2.75, 3.05) is 0 Å². The molecule has 110 valence electrons. The number of ether oxygens (including phenoxy) is 1. The number of fused-ring (bicyclic) bond motifs is 1. The lowest BCUT2D eigenvalue weighted by atomic mass is 9.80. The fourth-order valence-corrected chi connectivity index (χ4v) is 3.20. The van der Waals surface area contributed by atoms with Gasteiger partial charge >= 0.3 is 6.23 Å². The normalized spacial score (nSPS) is 27.4. The van der Waals surface area contributed by atoms with Gasteiger partial charge in [0.15, 0.2) is 0 Å². The van der Waals surface area contributed by atoms with Crippen LogP contribution in [0.25, 0.3) is 0 Å². The number of nitrogens with zero attached hydrogens (tertiary/aromatic N) is 2. The average Bonchev–Trinajstić information content (AvgIpc) is 2.87. The Balaban J connectivity index is 2.02. The van der Waals surface area contributed by atoms with Gasteiger partial charge in [0.05, 0.1) is 9.85 Å². The van der Waals surface area contributed by atoms with Crippen molar-refractivity contribution in [1.29, 1.82) is 0 Å². The highest BCUT2D eigenvalue weighted by Crippen LogP contribution is 2.47. The quantitative estimate of drug-likeness (QED) is 0.629. The van der Waals surface area contributed by atoms with E-state index in [0.717, 1.165) is 19.3 Å². The lowest BCUT2D eigenvalue weighted by molar-refractivity contribution is -0.569. The average molecular weight is 290 g/mol. The Labute approximate surface area is 120 Å². The van der Waals surface area contributed by atoms with E-state index in [1.54, 1.807) is 12.1 Å². The zero-order valence-corrected chi connectivity index (χ0v) is 11.2. The minimum absolute atomic E-state index is 0.0529. The Kier molecular flexibility index (Phi) is 3.32. The molecule has 3 atom stereocenters. The molecule has 0 N–H and O–H groups in total. The van der Waals surface area contributed by atoms with Gasteiger partial charge in [0, 0.05) is 18.1 Å². The van der Waals surface area contributed by atoms with Gasteiger partial charge < -0.3 is 4.74 Å². The van der Waals surface area contributed by atoms with Gasteiger partial charge in [-0.25, -0.2) is 0 Å². The topological polar surface area (TPSA) is 95.5 Å². The molecular formula is C14H14N2O5. The molecule has 0 saturated carbocycles. The molecule has 1 aliphatic carbocycles. The highest BCUT2D eigenvalue weighted by atomic mass is 16.7. The highest BCUT2D eigenvalue weighted by molar-refractivity contribution is 5.38. The van der Waals surface area contributed by atoms with Crippen LogP contribution < -0.4 is 0 Å². The van der Waals surface area contributed by atoms with Crippen LogP contribution in [0, 0.1) is 26.1 Å². The number of allylic oxidation sites excluding steroid dienone is 2. The Hall–Kier alpha value is -2.44. The molecule has 3 rings (SSSR count). The van der Waals surface area contributed by atoms with E-state index in [-0.39, 0.29) is 11.6 Å². The van der Waals surface area contributed by atoms with Crippen molar-refractivity contribution >= 4 is 5.69 Å². The summed E-state index contributed by atoms with van der Waals surface area (Å²) in [6.07, 6.45) is 3.36. The molecule has 0 bridgehead atoms. The first-order valence-electron chi connectivity index (χ1n) is 6.82. The maximum Gasteiger partial charge on any atom is 0.361 e. The second-order valence-electron chi connectivity index (χ2n) is 5.32. The molecule has 1 aromatic rings. The smallest absolute Gasteiger partial charge is 0.361 e. The molecule has 0 amide bonds. The summed E-state index contributed by atoms with van der Waals surface area (Å²) in [6.45, 7) is 0. The molecule has 1 aliphatic heterocycles. The van der Waals surface area contributed by atoms with Gasteiger partial charge in [-0.1, -0.05) is 12.1 Å². The van der Waals surface area contributed by atoms with Crippen LogP contribution in [-0.4, -0.2) is 16.1 Å². The summed E-state index contributed by atoms with van der Waals surface area (Å²) in [7, 11) is 0. The van der Waals surface area contributed by atoms with Crippen molar-refractivity contribution in [3.05, 3.63) is 61.9 Å². The molecule has 7 nitrogen and oxygen atoms in total. The number of non-ortho nitro benzene ring substituents is 1. The predicted octanol–water partition coefficient (Wildman–Crippen LogP) is 3.00. The number of hydrogen-bond acceptors (Lipinski definition) is 5. The van der Waals surface area contributed by atoms with E-state index < -0.39 is 22.0 Å². The number of rotatable bonds is 3. The Morgan fingerprint density at radius 1 is 1.24 bits per heavy atom. The molecular weight excluding hydrogens is 276 g/mol. The highest BCUT2D eigenvalue weighted by Gasteiger charge is 2.50. The fraction of sp³-hybridized carbons (Fsp3) is 0.429. The number of benzene rings is 1. The van der Waals surface area contributed by atoms with Crippen LogP contribution in [0.3, 0.4) is 0 Å². The second kappa shape index (κ2) is 5.16. The third-order valence-electron chi connectivity index (χ3n) is 4.10. The Morgan fingerprint density at radius 3 is 2.76 bits per heavy atom. The minimum Gasteiger partial charge on any atom is -0.434 e. The molecule has 1 fully saturated rings. The molecule has 7 heteroatoms. The van der Waals surface area contributed by atoms with Gasteiger partial charge in [0.25, 0.3) is 5.69 Å². The first kappa shape index (κ1) is 13.5. The molecule has 3 unspecified atom stereocenters. The van der Waals surface area contributed by atoms with Crippen LogP contribution in [0.2, 0.25) is 0 Å². The SMILES string of the molecule is O=[N+]([O-])c1cccc(C2C3CCCC=C3OC2[N+](=O)[O-])c1. The zero-order valence-electron chi connectivity index (χ0n) is 11.2. The van der Waals surface area contributed by atoms with Crippen LogP contribution in [0.4, 0.5) is 5.69 Å². The number of hydrogen-bond donors (Lipinski definition) is 0. The minimum atomic E-state index is -1.17. The summed E-state index contributed by atoms with van der Waals surface area (Å²) in [5.41, 5.74) is 0.545. The van der Waals surface area contributed by atoms with Gasteiger partial charge in [-0.15, -0.1) is 0 Å². The van der Waals surface area contributed by atoms with E-state index in [4.69, 9.17) is 4.74 Å². The van der Waals surface area contributed by atoms with E-state index in [2.05, 4.69) is 0 Å². The van der Waals surface area contributed by atoms with E-state index in [0.29, 0.717) is 11.3 Å². The predicted molar refractivity (Wildman–Crippen MR) is 73.1 cm³/mol. The van der Waals surface area contributed by atoms with Gasteiger partial charge in [-0.05, 0) is 30.9 Å². The van der Waals surface area contributed by atoms with Crippen LogP contribution in [0.5, 0.6) is 0 Å². The van der Waals surface area contributed by atoms with Crippen LogP contribution in [0.1, 0.15) is 30.7 Å². The summed E-state index contributed by atoms with van der Waals surface area (Å²) >= 11 is 0. The molecule has 0 spiro atoms. The molecule has 21 heavy (non-hydrogen) atoms. The van der Waals surface area contributed by atoms with Gasteiger partial charge in [0.1, 0.15) is 11.7 Å². The van der Waals surface area contributed by atoms with Crippen molar-refractivity contribution in [3.63, 3.8) is 0 Å².